The van der Waals surface area contributed by atoms with Crippen LogP contribution in [0.3, 0.4) is 0 Å². The van der Waals surface area contributed by atoms with Crippen molar-refractivity contribution in [1.82, 2.24) is 20.3 Å². The third-order valence-corrected chi connectivity index (χ3v) is 2.47. The Kier molecular flexibility index (Phi) is 3.56. The molecule has 0 saturated heterocycles. The topological polar surface area (TPSA) is 50.7 Å². The molecule has 0 radical (unpaired) electrons. The molecule has 1 unspecified atom stereocenters. The average molecular weight is 214 g/mol. The van der Waals surface area contributed by atoms with E-state index in [4.69, 9.17) is 0 Å². The van der Waals surface area contributed by atoms with Crippen molar-refractivity contribution in [3.8, 4) is 0 Å². The van der Waals surface area contributed by atoms with Gasteiger partial charge in [-0.3, -0.25) is 4.98 Å². The molecule has 0 saturated carbocycles. The van der Waals surface area contributed by atoms with Crippen LogP contribution < -0.4 is 5.32 Å². The molecule has 0 aliphatic carbocycles. The Labute approximate surface area is 94.8 Å². The van der Waals surface area contributed by atoms with Crippen LogP contribution in [0.2, 0.25) is 0 Å². The lowest BCUT2D eigenvalue weighted by Crippen LogP contribution is -2.20. The number of rotatable bonds is 4. The van der Waals surface area contributed by atoms with Gasteiger partial charge in [-0.2, -0.15) is 0 Å². The molecule has 2 aromatic heterocycles. The second kappa shape index (κ2) is 5.32. The van der Waals surface area contributed by atoms with Crippen molar-refractivity contribution in [3.63, 3.8) is 0 Å². The van der Waals surface area contributed by atoms with Gasteiger partial charge in [-0.15, -0.1) is 0 Å². The van der Waals surface area contributed by atoms with Crippen LogP contribution in [0.5, 0.6) is 0 Å². The molecule has 0 aromatic carbocycles. The Hall–Kier alpha value is -1.81. The van der Waals surface area contributed by atoms with Crippen molar-refractivity contribution in [3.05, 3.63) is 54.4 Å². The van der Waals surface area contributed by atoms with Gasteiger partial charge in [0.1, 0.15) is 6.33 Å². The van der Waals surface area contributed by atoms with Crippen molar-refractivity contribution in [2.24, 2.45) is 0 Å². The van der Waals surface area contributed by atoms with E-state index in [1.807, 2.05) is 25.4 Å². The molecular formula is C12H14N4. The summed E-state index contributed by atoms with van der Waals surface area (Å²) in [4.78, 5) is 12.3. The maximum absolute atomic E-state index is 4.25. The number of nitrogens with one attached hydrogen (secondary N) is 1. The normalized spacial score (nSPS) is 12.3. The first-order valence-electron chi connectivity index (χ1n) is 5.22. The fourth-order valence-corrected chi connectivity index (χ4v) is 1.62. The van der Waals surface area contributed by atoms with Crippen molar-refractivity contribution in [1.29, 1.82) is 0 Å². The molecule has 2 rings (SSSR count). The van der Waals surface area contributed by atoms with Gasteiger partial charge in [0.05, 0.1) is 11.7 Å². The molecular weight excluding hydrogens is 200 g/mol. The number of likely N-dealkylation sites (N-methyl/N-ethyl adjacent to an activating group) is 1. The van der Waals surface area contributed by atoms with E-state index in [0.29, 0.717) is 0 Å². The van der Waals surface area contributed by atoms with Gasteiger partial charge in [-0.05, 0) is 31.2 Å². The molecule has 82 valence electrons. The van der Waals surface area contributed by atoms with Gasteiger partial charge < -0.3 is 5.32 Å². The first-order valence-corrected chi connectivity index (χ1v) is 5.22. The highest BCUT2D eigenvalue weighted by molar-refractivity contribution is 5.14. The Balaban J connectivity index is 2.13. The molecule has 4 nitrogen and oxygen atoms in total. The first kappa shape index (κ1) is 10.7. The van der Waals surface area contributed by atoms with Crippen LogP contribution in [-0.2, 0) is 6.42 Å². The van der Waals surface area contributed by atoms with Gasteiger partial charge in [0.15, 0.2) is 0 Å². The molecule has 4 heteroatoms. The van der Waals surface area contributed by atoms with Crippen LogP contribution in [0.15, 0.2) is 43.1 Å². The van der Waals surface area contributed by atoms with E-state index in [0.717, 1.165) is 12.1 Å². The van der Waals surface area contributed by atoms with Crippen molar-refractivity contribution >= 4 is 0 Å². The van der Waals surface area contributed by atoms with Gasteiger partial charge in [0, 0.05) is 18.6 Å². The van der Waals surface area contributed by atoms with E-state index in [1.165, 1.54) is 5.56 Å². The minimum atomic E-state index is 0.201. The molecule has 0 bridgehead atoms. The van der Waals surface area contributed by atoms with E-state index in [2.05, 4.69) is 26.3 Å². The lowest BCUT2D eigenvalue weighted by molar-refractivity contribution is 0.573. The summed E-state index contributed by atoms with van der Waals surface area (Å²) in [5.74, 6) is 0. The lowest BCUT2D eigenvalue weighted by atomic mass is 10.1. The van der Waals surface area contributed by atoms with Crippen LogP contribution in [0.25, 0.3) is 0 Å². The molecule has 16 heavy (non-hydrogen) atoms. The third-order valence-electron chi connectivity index (χ3n) is 2.47. The molecule has 0 amide bonds. The fraction of sp³-hybridized carbons (Fsp3) is 0.250. The molecule has 0 fully saturated rings. The quantitative estimate of drug-likeness (QED) is 0.835. The molecule has 1 N–H and O–H groups in total. The minimum Gasteiger partial charge on any atom is -0.311 e. The Morgan fingerprint density at radius 2 is 2.19 bits per heavy atom. The van der Waals surface area contributed by atoms with Crippen LogP contribution >= 0.6 is 0 Å². The molecule has 2 heterocycles. The highest BCUT2D eigenvalue weighted by Gasteiger charge is 2.10. The maximum atomic E-state index is 4.25. The highest BCUT2D eigenvalue weighted by atomic mass is 14.9. The van der Waals surface area contributed by atoms with Crippen LogP contribution in [0.1, 0.15) is 17.3 Å². The summed E-state index contributed by atoms with van der Waals surface area (Å²) in [5.41, 5.74) is 2.20. The number of pyridine rings is 1. The summed E-state index contributed by atoms with van der Waals surface area (Å²) in [5, 5.41) is 3.25. The van der Waals surface area contributed by atoms with E-state index >= 15 is 0 Å². The zero-order chi connectivity index (χ0) is 11.2. The number of hydrogen-bond acceptors (Lipinski definition) is 4. The molecule has 1 atom stereocenters. The van der Waals surface area contributed by atoms with Gasteiger partial charge in [0.25, 0.3) is 0 Å². The minimum absolute atomic E-state index is 0.201. The standard InChI is InChI=1S/C12H14N4/c1-13-12(11-4-6-15-9-16-11)7-10-3-2-5-14-8-10/h2-6,8-9,12-13H,7H2,1H3. The number of hydrogen-bond donors (Lipinski definition) is 1. The van der Waals surface area contributed by atoms with Gasteiger partial charge in [0.2, 0.25) is 0 Å². The lowest BCUT2D eigenvalue weighted by Gasteiger charge is -2.14. The molecule has 0 aliphatic heterocycles. The van der Waals surface area contributed by atoms with E-state index in [-0.39, 0.29) is 6.04 Å². The van der Waals surface area contributed by atoms with Crippen LogP contribution in [0, 0.1) is 0 Å². The third kappa shape index (κ3) is 2.61. The Bertz CT molecular complexity index is 416. The zero-order valence-electron chi connectivity index (χ0n) is 9.17. The number of nitrogens with zero attached hydrogens (tertiary/aromatic N) is 3. The second-order valence-electron chi connectivity index (χ2n) is 3.54. The zero-order valence-corrected chi connectivity index (χ0v) is 9.17. The largest absolute Gasteiger partial charge is 0.311 e. The average Bonchev–Trinajstić information content (AvgIpc) is 2.38. The van der Waals surface area contributed by atoms with Gasteiger partial charge >= 0.3 is 0 Å². The smallest absolute Gasteiger partial charge is 0.115 e. The maximum Gasteiger partial charge on any atom is 0.115 e. The summed E-state index contributed by atoms with van der Waals surface area (Å²) in [6, 6.07) is 6.14. The van der Waals surface area contributed by atoms with Gasteiger partial charge in [-0.25, -0.2) is 9.97 Å². The van der Waals surface area contributed by atoms with Gasteiger partial charge in [-0.1, -0.05) is 6.07 Å². The summed E-state index contributed by atoms with van der Waals surface area (Å²) < 4.78 is 0. The number of aromatic nitrogens is 3. The van der Waals surface area contributed by atoms with E-state index in [1.54, 1.807) is 18.7 Å². The van der Waals surface area contributed by atoms with E-state index in [9.17, 15) is 0 Å². The summed E-state index contributed by atoms with van der Waals surface area (Å²) >= 11 is 0. The van der Waals surface area contributed by atoms with Crippen LogP contribution in [-0.4, -0.2) is 22.0 Å². The summed E-state index contributed by atoms with van der Waals surface area (Å²) in [6.07, 6.45) is 7.87. The van der Waals surface area contributed by atoms with Crippen molar-refractivity contribution < 1.29 is 0 Å². The predicted octanol–water partition coefficient (Wildman–Crippen LogP) is 1.37. The SMILES string of the molecule is CNC(Cc1cccnc1)c1ccncn1. The highest BCUT2D eigenvalue weighted by Crippen LogP contribution is 2.14. The second-order valence-corrected chi connectivity index (χ2v) is 3.54. The Morgan fingerprint density at radius 3 is 2.81 bits per heavy atom. The molecule has 2 aromatic rings. The predicted molar refractivity (Wildman–Crippen MR) is 61.8 cm³/mol. The fourth-order valence-electron chi connectivity index (χ4n) is 1.62. The monoisotopic (exact) mass is 214 g/mol. The summed E-state index contributed by atoms with van der Waals surface area (Å²) in [7, 11) is 1.93. The Morgan fingerprint density at radius 1 is 1.25 bits per heavy atom. The molecule has 0 aliphatic rings. The van der Waals surface area contributed by atoms with E-state index < -0.39 is 0 Å². The van der Waals surface area contributed by atoms with Crippen molar-refractivity contribution in [2.45, 2.75) is 12.5 Å². The first-order chi connectivity index (χ1) is 7.90. The van der Waals surface area contributed by atoms with Crippen LogP contribution in [0.4, 0.5) is 0 Å². The molecule has 0 spiro atoms. The summed E-state index contributed by atoms with van der Waals surface area (Å²) in [6.45, 7) is 0. The van der Waals surface area contributed by atoms with Crippen molar-refractivity contribution in [2.75, 3.05) is 7.05 Å².